The molecule has 0 atom stereocenters. The molecule has 0 aliphatic heterocycles. The summed E-state index contributed by atoms with van der Waals surface area (Å²) >= 11 is 4.19. The van der Waals surface area contributed by atoms with Crippen LogP contribution in [0.2, 0.25) is 0 Å². The molecule has 0 unspecified atom stereocenters. The summed E-state index contributed by atoms with van der Waals surface area (Å²) in [7, 11) is 0. The molecule has 0 amide bonds. The van der Waals surface area contributed by atoms with Crippen molar-refractivity contribution in [2.45, 2.75) is 17.2 Å². The molecule has 6 heteroatoms. The van der Waals surface area contributed by atoms with Gasteiger partial charge in [-0.05, 0) is 40.7 Å². The summed E-state index contributed by atoms with van der Waals surface area (Å²) in [6, 6.07) is 1.35. The molecule has 0 saturated heterocycles. The topological polar surface area (TPSA) is 38.9 Å². The molecule has 0 spiro atoms. The quantitative estimate of drug-likeness (QED) is 0.849. The average molecular weight is 289 g/mol. The molecule has 15 heavy (non-hydrogen) atoms. The zero-order valence-electron chi connectivity index (χ0n) is 7.70. The van der Waals surface area contributed by atoms with Gasteiger partial charge in [0, 0.05) is 10.7 Å². The van der Waals surface area contributed by atoms with Crippen molar-refractivity contribution in [3.8, 4) is 0 Å². The van der Waals surface area contributed by atoms with Crippen molar-refractivity contribution in [2.24, 2.45) is 0 Å². The number of nitrogens with zero attached hydrogens (tertiary/aromatic N) is 2. The third-order valence-corrected chi connectivity index (χ3v) is 2.85. The van der Waals surface area contributed by atoms with Crippen LogP contribution in [0.25, 0.3) is 0 Å². The minimum atomic E-state index is -0.398. The second-order valence-electron chi connectivity index (χ2n) is 2.80. The lowest BCUT2D eigenvalue weighted by Crippen LogP contribution is -1.86. The average Bonchev–Trinajstić information content (AvgIpc) is 2.56. The van der Waals surface area contributed by atoms with Gasteiger partial charge in [0.25, 0.3) is 5.22 Å². The van der Waals surface area contributed by atoms with Crippen LogP contribution in [0, 0.1) is 12.7 Å². The summed E-state index contributed by atoms with van der Waals surface area (Å²) in [6.45, 7) is 1.80. The summed E-state index contributed by atoms with van der Waals surface area (Å²) < 4.78 is 19.1. The maximum Gasteiger partial charge on any atom is 0.262 e. The van der Waals surface area contributed by atoms with Crippen LogP contribution in [0.15, 0.2) is 37.7 Å². The normalized spacial score (nSPS) is 10.6. The summed E-state index contributed by atoms with van der Waals surface area (Å²) in [5.41, 5.74) is 0.759. The van der Waals surface area contributed by atoms with Crippen LogP contribution in [-0.4, -0.2) is 9.97 Å². The lowest BCUT2D eigenvalue weighted by atomic mass is 10.5. The van der Waals surface area contributed by atoms with Gasteiger partial charge in [0.1, 0.15) is 11.3 Å². The monoisotopic (exact) mass is 288 g/mol. The van der Waals surface area contributed by atoms with Gasteiger partial charge in [-0.25, -0.2) is 14.4 Å². The highest BCUT2D eigenvalue weighted by molar-refractivity contribution is 9.10. The van der Waals surface area contributed by atoms with E-state index >= 15 is 0 Å². The first-order valence-electron chi connectivity index (χ1n) is 4.06. The van der Waals surface area contributed by atoms with E-state index in [0.717, 1.165) is 17.5 Å². The Bertz CT molecular complexity index is 489. The molecule has 2 aromatic heterocycles. The minimum Gasteiger partial charge on any atom is -0.439 e. The van der Waals surface area contributed by atoms with E-state index in [1.807, 2.05) is 0 Å². The van der Waals surface area contributed by atoms with E-state index in [2.05, 4.69) is 25.9 Å². The van der Waals surface area contributed by atoms with Crippen molar-refractivity contribution in [2.75, 3.05) is 0 Å². The van der Waals surface area contributed by atoms with Crippen LogP contribution in [0.1, 0.15) is 5.69 Å². The summed E-state index contributed by atoms with van der Waals surface area (Å²) in [5.74, 6) is -0.398. The SMILES string of the molecule is Cc1coc(Sc2ncc(Br)cc2F)n1. The number of halogens is 2. The zero-order valence-corrected chi connectivity index (χ0v) is 10.1. The Morgan fingerprint density at radius 3 is 2.93 bits per heavy atom. The highest BCUT2D eigenvalue weighted by Gasteiger charge is 2.10. The van der Waals surface area contributed by atoms with Crippen LogP contribution >= 0.6 is 27.7 Å². The largest absolute Gasteiger partial charge is 0.439 e. The molecule has 0 aromatic carbocycles. The van der Waals surface area contributed by atoms with E-state index in [9.17, 15) is 4.39 Å². The molecular weight excluding hydrogens is 283 g/mol. The van der Waals surface area contributed by atoms with Crippen LogP contribution in [0.4, 0.5) is 4.39 Å². The van der Waals surface area contributed by atoms with Crippen molar-refractivity contribution in [3.05, 3.63) is 34.5 Å². The van der Waals surface area contributed by atoms with E-state index in [4.69, 9.17) is 4.42 Å². The van der Waals surface area contributed by atoms with Gasteiger partial charge in [-0.2, -0.15) is 0 Å². The maximum atomic E-state index is 13.4. The molecule has 0 N–H and O–H groups in total. The molecule has 3 nitrogen and oxygen atoms in total. The molecule has 0 aliphatic rings. The first-order valence-corrected chi connectivity index (χ1v) is 5.67. The Kier molecular flexibility index (Phi) is 3.06. The van der Waals surface area contributed by atoms with Gasteiger partial charge in [0.2, 0.25) is 0 Å². The fourth-order valence-corrected chi connectivity index (χ4v) is 1.96. The van der Waals surface area contributed by atoms with Gasteiger partial charge in [-0.3, -0.25) is 0 Å². The number of aromatic nitrogens is 2. The first-order chi connectivity index (χ1) is 7.15. The smallest absolute Gasteiger partial charge is 0.262 e. The molecule has 78 valence electrons. The number of hydrogen-bond acceptors (Lipinski definition) is 4. The zero-order chi connectivity index (χ0) is 10.8. The molecule has 2 aromatic rings. The molecule has 0 bridgehead atoms. The van der Waals surface area contributed by atoms with E-state index in [1.165, 1.54) is 18.5 Å². The predicted octanol–water partition coefficient (Wildman–Crippen LogP) is 3.43. The number of hydrogen-bond donors (Lipinski definition) is 0. The Labute approximate surface area is 98.2 Å². The fraction of sp³-hybridized carbons (Fsp3) is 0.111. The summed E-state index contributed by atoms with van der Waals surface area (Å²) in [6.07, 6.45) is 3.04. The van der Waals surface area contributed by atoms with Crippen LogP contribution in [0.3, 0.4) is 0 Å². The van der Waals surface area contributed by atoms with Gasteiger partial charge >= 0.3 is 0 Å². The Balaban J connectivity index is 2.24. The summed E-state index contributed by atoms with van der Waals surface area (Å²) in [4.78, 5) is 7.97. The second-order valence-corrected chi connectivity index (χ2v) is 4.65. The van der Waals surface area contributed by atoms with Crippen molar-refractivity contribution < 1.29 is 8.81 Å². The Morgan fingerprint density at radius 2 is 2.33 bits per heavy atom. The van der Waals surface area contributed by atoms with Crippen LogP contribution in [-0.2, 0) is 0 Å². The van der Waals surface area contributed by atoms with Gasteiger partial charge < -0.3 is 4.42 Å². The lowest BCUT2D eigenvalue weighted by molar-refractivity contribution is 0.452. The Hall–Kier alpha value is -0.880. The van der Waals surface area contributed by atoms with Gasteiger partial charge in [-0.15, -0.1) is 0 Å². The van der Waals surface area contributed by atoms with Crippen LogP contribution in [0.5, 0.6) is 0 Å². The van der Waals surface area contributed by atoms with Gasteiger partial charge in [0.05, 0.1) is 5.69 Å². The lowest BCUT2D eigenvalue weighted by Gasteiger charge is -1.98. The van der Waals surface area contributed by atoms with Crippen molar-refractivity contribution in [3.63, 3.8) is 0 Å². The van der Waals surface area contributed by atoms with E-state index in [1.54, 1.807) is 6.92 Å². The standard InChI is InChI=1S/C9H6BrFN2OS/c1-5-4-14-9(13-5)15-8-7(11)2-6(10)3-12-8/h2-4H,1H3. The second kappa shape index (κ2) is 4.32. The molecular formula is C9H6BrFN2OS. The predicted molar refractivity (Wildman–Crippen MR) is 57.3 cm³/mol. The third-order valence-electron chi connectivity index (χ3n) is 1.56. The molecule has 0 aliphatic carbocycles. The number of rotatable bonds is 2. The Morgan fingerprint density at radius 1 is 1.53 bits per heavy atom. The fourth-order valence-electron chi connectivity index (χ4n) is 0.939. The molecule has 0 saturated carbocycles. The van der Waals surface area contributed by atoms with Gasteiger partial charge in [0.15, 0.2) is 5.82 Å². The van der Waals surface area contributed by atoms with E-state index in [0.29, 0.717) is 9.70 Å². The van der Waals surface area contributed by atoms with Crippen molar-refractivity contribution in [1.82, 2.24) is 9.97 Å². The van der Waals surface area contributed by atoms with Crippen molar-refractivity contribution in [1.29, 1.82) is 0 Å². The molecule has 0 radical (unpaired) electrons. The molecule has 2 heterocycles. The first kappa shape index (κ1) is 10.6. The maximum absolute atomic E-state index is 13.4. The highest BCUT2D eigenvalue weighted by atomic mass is 79.9. The number of pyridine rings is 1. The van der Waals surface area contributed by atoms with E-state index < -0.39 is 5.82 Å². The van der Waals surface area contributed by atoms with Gasteiger partial charge in [-0.1, -0.05) is 0 Å². The number of oxazole rings is 1. The van der Waals surface area contributed by atoms with Crippen molar-refractivity contribution >= 4 is 27.7 Å². The number of aryl methyl sites for hydroxylation is 1. The highest BCUT2D eigenvalue weighted by Crippen LogP contribution is 2.28. The summed E-state index contributed by atoms with van der Waals surface area (Å²) in [5, 5.41) is 0.640. The third kappa shape index (κ3) is 2.57. The van der Waals surface area contributed by atoms with Crippen LogP contribution < -0.4 is 0 Å². The molecule has 2 rings (SSSR count). The van der Waals surface area contributed by atoms with E-state index in [-0.39, 0.29) is 5.03 Å². The molecule has 0 fully saturated rings. The minimum absolute atomic E-state index is 0.250.